The number of nitrogens with zero attached hydrogens (tertiary/aromatic N) is 1. The number of rotatable bonds is 1. The lowest BCUT2D eigenvalue weighted by Crippen LogP contribution is -1.57. The van der Waals surface area contributed by atoms with Gasteiger partial charge in [0.2, 0.25) is 0 Å². The summed E-state index contributed by atoms with van der Waals surface area (Å²) in [7, 11) is 0. The van der Waals surface area contributed by atoms with Crippen molar-refractivity contribution in [2.24, 2.45) is 0 Å². The molecule has 0 aliphatic carbocycles. The van der Waals surface area contributed by atoms with Crippen molar-refractivity contribution in [3.63, 3.8) is 0 Å². The fraction of sp³-hybridized carbons (Fsp3) is 0.250. The van der Waals surface area contributed by atoms with Gasteiger partial charge < -0.3 is 4.55 Å². The predicted molar refractivity (Wildman–Crippen MR) is 35.3 cm³/mol. The Hall–Kier alpha value is -0.0600. The quantitative estimate of drug-likeness (QED) is 0.617. The van der Waals surface area contributed by atoms with Crippen molar-refractivity contribution < 1.29 is 4.55 Å². The second-order valence-corrected chi connectivity index (χ2v) is 3.41. The molecule has 0 unspecified atom stereocenters. The lowest BCUT2D eigenvalue weighted by atomic mass is 10.8. The number of hydrogen-bond acceptors (Lipinski definition) is 4. The van der Waals surface area contributed by atoms with Gasteiger partial charge in [-0.1, -0.05) is 0 Å². The Balaban J connectivity index is 2.84. The fourth-order valence-corrected chi connectivity index (χ4v) is 1.50. The molecule has 0 aliphatic heterocycles. The van der Waals surface area contributed by atoms with Crippen LogP contribution in [0.3, 0.4) is 0 Å². The highest BCUT2D eigenvalue weighted by Gasteiger charge is 1.93. The molecule has 0 aromatic carbocycles. The smallest absolute Gasteiger partial charge is 0.107 e. The van der Waals surface area contributed by atoms with Gasteiger partial charge in [0.1, 0.15) is 4.21 Å². The molecule has 44 valence electrons. The molecule has 0 saturated heterocycles. The van der Waals surface area contributed by atoms with Crippen molar-refractivity contribution in [3.05, 3.63) is 11.2 Å². The van der Waals surface area contributed by atoms with E-state index >= 15 is 0 Å². The van der Waals surface area contributed by atoms with E-state index < -0.39 is 0 Å². The minimum absolute atomic E-state index is 0.746. The van der Waals surface area contributed by atoms with Crippen molar-refractivity contribution >= 4 is 23.4 Å². The lowest BCUT2D eigenvalue weighted by Gasteiger charge is -1.76. The number of hydrogen-bond donors (Lipinski definition) is 1. The molecular formula is C4H5NOS2. The van der Waals surface area contributed by atoms with Crippen LogP contribution >= 0.6 is 23.4 Å². The van der Waals surface area contributed by atoms with E-state index in [0.717, 1.165) is 21.3 Å². The lowest BCUT2D eigenvalue weighted by molar-refractivity contribution is 0.665. The molecule has 0 amide bonds. The van der Waals surface area contributed by atoms with Crippen molar-refractivity contribution in [1.29, 1.82) is 0 Å². The van der Waals surface area contributed by atoms with Crippen LogP contribution in [0, 0.1) is 6.92 Å². The average molecular weight is 147 g/mol. The van der Waals surface area contributed by atoms with Crippen LogP contribution in [0.15, 0.2) is 10.4 Å². The van der Waals surface area contributed by atoms with Crippen LogP contribution in [0.4, 0.5) is 0 Å². The Labute approximate surface area is 55.8 Å². The van der Waals surface area contributed by atoms with Crippen LogP contribution in [0.5, 0.6) is 0 Å². The molecular weight excluding hydrogens is 142 g/mol. The zero-order chi connectivity index (χ0) is 5.98. The molecule has 0 atom stereocenters. The van der Waals surface area contributed by atoms with E-state index in [9.17, 15) is 0 Å². The zero-order valence-corrected chi connectivity index (χ0v) is 5.92. The SMILES string of the molecule is Cc1ncc(SO)s1. The van der Waals surface area contributed by atoms with Gasteiger partial charge in [0.25, 0.3) is 0 Å². The van der Waals surface area contributed by atoms with E-state index in [1.54, 1.807) is 6.20 Å². The van der Waals surface area contributed by atoms with Gasteiger partial charge in [-0.2, -0.15) is 0 Å². The van der Waals surface area contributed by atoms with E-state index in [1.807, 2.05) is 6.92 Å². The first-order valence-corrected chi connectivity index (χ1v) is 3.66. The topological polar surface area (TPSA) is 33.1 Å². The Bertz CT molecular complexity index is 174. The van der Waals surface area contributed by atoms with Crippen LogP contribution in [0.1, 0.15) is 5.01 Å². The van der Waals surface area contributed by atoms with Gasteiger partial charge in [-0.05, 0) is 6.92 Å². The third kappa shape index (κ3) is 1.21. The number of thiazole rings is 1. The average Bonchev–Trinajstić information content (AvgIpc) is 2.14. The monoisotopic (exact) mass is 147 g/mol. The Morgan fingerprint density at radius 2 is 2.62 bits per heavy atom. The predicted octanol–water partition coefficient (Wildman–Crippen LogP) is 2.02. The van der Waals surface area contributed by atoms with Crippen LogP contribution in [-0.2, 0) is 0 Å². The minimum atomic E-state index is 0.746. The van der Waals surface area contributed by atoms with Gasteiger partial charge in [0.15, 0.2) is 0 Å². The Morgan fingerprint density at radius 3 is 2.88 bits per heavy atom. The second-order valence-electron chi connectivity index (χ2n) is 1.29. The molecule has 2 nitrogen and oxygen atoms in total. The molecule has 1 aromatic rings. The van der Waals surface area contributed by atoms with Crippen molar-refractivity contribution in [1.82, 2.24) is 4.98 Å². The van der Waals surface area contributed by atoms with Crippen LogP contribution in [-0.4, -0.2) is 9.54 Å². The summed E-state index contributed by atoms with van der Waals surface area (Å²) in [6.45, 7) is 1.91. The fourth-order valence-electron chi connectivity index (χ4n) is 0.384. The molecule has 0 fully saturated rings. The van der Waals surface area contributed by atoms with E-state index in [1.165, 1.54) is 11.3 Å². The molecule has 1 rings (SSSR count). The molecule has 0 spiro atoms. The maximum absolute atomic E-state index is 8.44. The van der Waals surface area contributed by atoms with Gasteiger partial charge in [0.05, 0.1) is 11.2 Å². The summed E-state index contributed by atoms with van der Waals surface area (Å²) in [6, 6.07) is 0. The van der Waals surface area contributed by atoms with Crippen LogP contribution in [0.25, 0.3) is 0 Å². The second kappa shape index (κ2) is 2.48. The molecule has 0 radical (unpaired) electrons. The highest BCUT2D eigenvalue weighted by atomic mass is 32.2. The molecule has 1 aromatic heterocycles. The molecule has 4 heteroatoms. The summed E-state index contributed by atoms with van der Waals surface area (Å²) >= 11 is 2.24. The summed E-state index contributed by atoms with van der Waals surface area (Å²) < 4.78 is 9.29. The van der Waals surface area contributed by atoms with Crippen molar-refractivity contribution in [2.75, 3.05) is 0 Å². The maximum atomic E-state index is 8.44. The van der Waals surface area contributed by atoms with E-state index in [0.29, 0.717) is 0 Å². The third-order valence-electron chi connectivity index (χ3n) is 0.690. The molecule has 8 heavy (non-hydrogen) atoms. The standard InChI is InChI=1S/C4H5NOS2/c1-3-5-2-4(7-3)8-6/h2,6H,1H3. The molecule has 1 N–H and O–H groups in total. The summed E-state index contributed by atoms with van der Waals surface area (Å²) in [5, 5.41) is 0.988. The number of aromatic nitrogens is 1. The van der Waals surface area contributed by atoms with E-state index in [4.69, 9.17) is 4.55 Å². The third-order valence-corrected chi connectivity index (χ3v) is 2.16. The zero-order valence-electron chi connectivity index (χ0n) is 4.29. The Kier molecular flexibility index (Phi) is 1.88. The Morgan fingerprint density at radius 1 is 1.88 bits per heavy atom. The van der Waals surface area contributed by atoms with Gasteiger partial charge in [-0.15, -0.1) is 11.3 Å². The van der Waals surface area contributed by atoms with Gasteiger partial charge in [-0.25, -0.2) is 4.98 Å². The van der Waals surface area contributed by atoms with E-state index in [2.05, 4.69) is 4.98 Å². The molecule has 0 bridgehead atoms. The van der Waals surface area contributed by atoms with Crippen LogP contribution < -0.4 is 0 Å². The van der Waals surface area contributed by atoms with Gasteiger partial charge >= 0.3 is 0 Å². The normalized spacial score (nSPS) is 9.75. The minimum Gasteiger partial charge on any atom is -0.325 e. The van der Waals surface area contributed by atoms with Crippen LogP contribution in [0.2, 0.25) is 0 Å². The maximum Gasteiger partial charge on any atom is 0.107 e. The number of aryl methyl sites for hydroxylation is 1. The summed E-state index contributed by atoms with van der Waals surface area (Å²) in [6.07, 6.45) is 1.66. The first-order valence-electron chi connectivity index (χ1n) is 2.07. The van der Waals surface area contributed by atoms with Crippen molar-refractivity contribution in [2.45, 2.75) is 11.1 Å². The largest absolute Gasteiger partial charge is 0.325 e. The highest BCUT2D eigenvalue weighted by molar-refractivity contribution is 7.95. The molecule has 0 aliphatic rings. The first-order chi connectivity index (χ1) is 3.83. The highest BCUT2D eigenvalue weighted by Crippen LogP contribution is 2.20. The van der Waals surface area contributed by atoms with Gasteiger partial charge in [-0.3, -0.25) is 0 Å². The molecule has 0 saturated carbocycles. The summed E-state index contributed by atoms with van der Waals surface area (Å²) in [5.41, 5.74) is 0. The molecule has 1 heterocycles. The van der Waals surface area contributed by atoms with E-state index in [-0.39, 0.29) is 0 Å². The summed E-state index contributed by atoms with van der Waals surface area (Å²) in [4.78, 5) is 3.93. The van der Waals surface area contributed by atoms with Crippen molar-refractivity contribution in [3.8, 4) is 0 Å². The first kappa shape index (κ1) is 6.07. The van der Waals surface area contributed by atoms with Gasteiger partial charge in [0, 0.05) is 12.0 Å². The summed E-state index contributed by atoms with van der Waals surface area (Å²) in [5.74, 6) is 0.